The van der Waals surface area contributed by atoms with Crippen molar-refractivity contribution in [1.82, 2.24) is 0 Å². The van der Waals surface area contributed by atoms with Gasteiger partial charge in [-0.25, -0.2) is 0 Å². The van der Waals surface area contributed by atoms with Crippen LogP contribution in [0, 0.1) is 6.38 Å². The summed E-state index contributed by atoms with van der Waals surface area (Å²) < 4.78 is 0. The predicted molar refractivity (Wildman–Crippen MR) is 65.8 cm³/mol. The van der Waals surface area contributed by atoms with Crippen LogP contribution < -0.4 is 0 Å². The number of rotatable bonds is 2. The first-order chi connectivity index (χ1) is 6.61. The topological polar surface area (TPSA) is 0 Å². The van der Waals surface area contributed by atoms with E-state index < -0.39 is 0 Å². The Morgan fingerprint density at radius 2 is 1.27 bits per heavy atom. The number of hydrogen-bond acceptors (Lipinski definition) is 0. The Bertz CT molecular complexity index is 233. The molecule has 15 heavy (non-hydrogen) atoms. The quantitative estimate of drug-likeness (QED) is 0.535. The summed E-state index contributed by atoms with van der Waals surface area (Å²) in [5, 5.41) is 0. The van der Waals surface area contributed by atoms with Crippen LogP contribution in [0.2, 0.25) is 0 Å². The zero-order valence-corrected chi connectivity index (χ0v) is 12.2. The minimum Gasteiger partial charge on any atom is -0.352 e. The van der Waals surface area contributed by atoms with Crippen LogP contribution in [0.25, 0.3) is 0 Å². The molecule has 1 aromatic carbocycles. The largest absolute Gasteiger partial charge is 0.352 e. The minimum atomic E-state index is 0. The molecule has 0 spiro atoms. The Morgan fingerprint density at radius 3 is 1.53 bits per heavy atom. The van der Waals surface area contributed by atoms with Crippen LogP contribution in [0.1, 0.15) is 50.7 Å². The van der Waals surface area contributed by atoms with Crippen molar-refractivity contribution in [3.05, 3.63) is 41.8 Å². The molecule has 2 heteroatoms. The molecule has 1 rings (SSSR count). The van der Waals surface area contributed by atoms with E-state index in [1.165, 1.54) is 11.1 Å². The van der Waals surface area contributed by atoms with E-state index in [1.54, 1.807) is 0 Å². The third-order valence-corrected chi connectivity index (χ3v) is 2.24. The molecule has 0 atom stereocenters. The molecule has 1 aromatic rings. The van der Waals surface area contributed by atoms with Gasteiger partial charge in [-0.15, -0.1) is 0 Å². The zero-order chi connectivity index (χ0) is 11.1. The molecule has 0 saturated carbocycles. The van der Waals surface area contributed by atoms with Crippen LogP contribution in [0.3, 0.4) is 0 Å². The molecule has 0 bridgehead atoms. The second-order valence-electron chi connectivity index (χ2n) is 3.98. The average molecular weight is 318 g/mol. The van der Waals surface area contributed by atoms with Crippen molar-refractivity contribution in [2.45, 2.75) is 39.5 Å². The van der Waals surface area contributed by atoms with Crippen molar-refractivity contribution >= 4 is 11.6 Å². The summed E-state index contributed by atoms with van der Waals surface area (Å²) in [6.45, 7) is 8.94. The van der Waals surface area contributed by atoms with E-state index in [9.17, 15) is 0 Å². The van der Waals surface area contributed by atoms with Gasteiger partial charge in [0.05, 0.1) is 0 Å². The Morgan fingerprint density at radius 1 is 0.933 bits per heavy atom. The van der Waals surface area contributed by atoms with Gasteiger partial charge in [-0.2, -0.15) is 0 Å². The van der Waals surface area contributed by atoms with Gasteiger partial charge >= 0.3 is 0 Å². The Balaban J connectivity index is 0. The monoisotopic (exact) mass is 317 g/mol. The maximum Gasteiger partial charge on any atom is 0 e. The van der Waals surface area contributed by atoms with Crippen molar-refractivity contribution in [3.63, 3.8) is 0 Å². The van der Waals surface area contributed by atoms with Gasteiger partial charge in [-0.05, 0) is 23.0 Å². The van der Waals surface area contributed by atoms with E-state index in [0.717, 1.165) is 0 Å². The molecule has 0 aliphatic heterocycles. The first-order valence-corrected chi connectivity index (χ1v) is 5.51. The summed E-state index contributed by atoms with van der Waals surface area (Å²) in [7, 11) is 0. The number of hydrogen-bond donors (Lipinski definition) is 0. The SMILES string of the molecule is CC(C)c1cccc(C(C)C)c1.[CH2-]Cl.[Pd]. The van der Waals surface area contributed by atoms with E-state index in [1.807, 2.05) is 0 Å². The molecule has 0 fully saturated rings. The summed E-state index contributed by atoms with van der Waals surface area (Å²) in [6.07, 6.45) is 2.72. The van der Waals surface area contributed by atoms with Crippen molar-refractivity contribution < 1.29 is 20.4 Å². The second kappa shape index (κ2) is 9.40. The summed E-state index contributed by atoms with van der Waals surface area (Å²) in [5.74, 6) is 1.28. The smallest absolute Gasteiger partial charge is 0 e. The fourth-order valence-electron chi connectivity index (χ4n) is 1.28. The van der Waals surface area contributed by atoms with Crippen molar-refractivity contribution in [1.29, 1.82) is 0 Å². The van der Waals surface area contributed by atoms with E-state index in [0.29, 0.717) is 11.8 Å². The molecular weight excluding hydrogens is 298 g/mol. The fourth-order valence-corrected chi connectivity index (χ4v) is 1.28. The van der Waals surface area contributed by atoms with Crippen LogP contribution in [0.4, 0.5) is 0 Å². The summed E-state index contributed by atoms with van der Waals surface area (Å²) in [5.41, 5.74) is 2.89. The Kier molecular flexibility index (Phi) is 11.0. The summed E-state index contributed by atoms with van der Waals surface area (Å²) >= 11 is 4.39. The standard InChI is InChI=1S/C12H18.CH2Cl.Pd/c1-9(2)11-6-5-7-12(8-11)10(3)4;1-2;/h5-10H,1-4H3;1H2;/q;-1;. The first kappa shape index (κ1) is 17.6. The van der Waals surface area contributed by atoms with Crippen LogP contribution in [0.15, 0.2) is 24.3 Å². The molecule has 0 radical (unpaired) electrons. The molecule has 90 valence electrons. The minimum absolute atomic E-state index is 0. The number of halogens is 1. The van der Waals surface area contributed by atoms with Crippen LogP contribution >= 0.6 is 11.6 Å². The molecule has 0 unspecified atom stereocenters. The average Bonchev–Trinajstić information content (AvgIpc) is 2.21. The van der Waals surface area contributed by atoms with Crippen LogP contribution in [0.5, 0.6) is 0 Å². The van der Waals surface area contributed by atoms with Gasteiger partial charge in [0.2, 0.25) is 0 Å². The Hall–Kier alpha value is 0.172. The van der Waals surface area contributed by atoms with Gasteiger partial charge in [0, 0.05) is 20.4 Å². The van der Waals surface area contributed by atoms with Gasteiger partial charge in [0.25, 0.3) is 0 Å². The van der Waals surface area contributed by atoms with Crippen molar-refractivity contribution in [3.8, 4) is 0 Å². The molecule has 0 aliphatic carbocycles. The van der Waals surface area contributed by atoms with Crippen molar-refractivity contribution in [2.75, 3.05) is 0 Å². The van der Waals surface area contributed by atoms with E-state index >= 15 is 0 Å². The predicted octanol–water partition coefficient (Wildman–Crippen LogP) is 4.95. The van der Waals surface area contributed by atoms with E-state index in [2.05, 4.69) is 69.9 Å². The normalized spacial score (nSPS) is 9.33. The molecule has 0 aliphatic rings. The van der Waals surface area contributed by atoms with E-state index in [-0.39, 0.29) is 20.4 Å². The van der Waals surface area contributed by atoms with Crippen LogP contribution in [-0.4, -0.2) is 0 Å². The van der Waals surface area contributed by atoms with Gasteiger partial charge in [0.1, 0.15) is 0 Å². The molecular formula is C13H20ClPd-. The fraction of sp³-hybridized carbons (Fsp3) is 0.462. The zero-order valence-electron chi connectivity index (χ0n) is 9.87. The molecule has 0 N–H and O–H groups in total. The van der Waals surface area contributed by atoms with Crippen LogP contribution in [-0.2, 0) is 20.4 Å². The molecule has 0 nitrogen and oxygen atoms in total. The van der Waals surface area contributed by atoms with Gasteiger partial charge < -0.3 is 11.6 Å². The second-order valence-corrected chi connectivity index (χ2v) is 3.98. The third kappa shape index (κ3) is 6.36. The van der Waals surface area contributed by atoms with Gasteiger partial charge in [-0.3, -0.25) is 6.38 Å². The third-order valence-electron chi connectivity index (χ3n) is 2.24. The van der Waals surface area contributed by atoms with Gasteiger partial charge in [-0.1, -0.05) is 52.0 Å². The maximum atomic E-state index is 4.39. The van der Waals surface area contributed by atoms with Gasteiger partial charge in [0.15, 0.2) is 0 Å². The number of benzene rings is 1. The molecule has 0 saturated heterocycles. The molecule has 0 heterocycles. The Labute approximate surface area is 113 Å². The molecule has 0 aromatic heterocycles. The summed E-state index contributed by atoms with van der Waals surface area (Å²) in [6, 6.07) is 8.88. The van der Waals surface area contributed by atoms with E-state index in [4.69, 9.17) is 0 Å². The summed E-state index contributed by atoms with van der Waals surface area (Å²) in [4.78, 5) is 0. The molecule has 0 amide bonds. The first-order valence-electron chi connectivity index (χ1n) is 4.98. The maximum absolute atomic E-state index is 4.39. The van der Waals surface area contributed by atoms with Crippen molar-refractivity contribution in [2.24, 2.45) is 0 Å².